The highest BCUT2D eigenvalue weighted by Gasteiger charge is 2.29. The van der Waals surface area contributed by atoms with Gasteiger partial charge in [-0.3, -0.25) is 0 Å². The molecule has 0 fully saturated rings. The number of ether oxygens (including phenoxy) is 3. The van der Waals surface area contributed by atoms with Crippen molar-refractivity contribution in [2.45, 2.75) is 6.18 Å². The first-order valence-corrected chi connectivity index (χ1v) is 5.07. The Balaban J connectivity index is 3.66. The average molecular weight is 285 g/mol. The number of esters is 1. The molecule has 0 aromatic rings. The lowest BCUT2D eigenvalue weighted by molar-refractivity contribution is -0.160. The summed E-state index contributed by atoms with van der Waals surface area (Å²) in [6.45, 7) is 1.30. The Morgan fingerprint density at radius 2 is 1.89 bits per heavy atom. The van der Waals surface area contributed by atoms with E-state index in [2.05, 4.69) is 20.8 Å². The molecule has 1 N–H and O–H groups in total. The molecule has 0 aromatic heterocycles. The minimum absolute atomic E-state index is 0.000113. The van der Waals surface area contributed by atoms with Gasteiger partial charge in [0.25, 0.3) is 0 Å². The molecule has 0 atom stereocenters. The third-order valence-electron chi connectivity index (χ3n) is 1.58. The molecule has 0 saturated carbocycles. The molecule has 0 rings (SSSR count). The second kappa shape index (κ2) is 8.35. The van der Waals surface area contributed by atoms with Gasteiger partial charge in [-0.25, -0.2) is 9.59 Å². The van der Waals surface area contributed by atoms with Gasteiger partial charge in [0.15, 0.2) is 6.61 Å². The van der Waals surface area contributed by atoms with Crippen LogP contribution in [0.25, 0.3) is 0 Å². The summed E-state index contributed by atoms with van der Waals surface area (Å²) in [7, 11) is 1.37. The highest BCUT2D eigenvalue weighted by Crippen LogP contribution is 2.14. The number of amides is 1. The average Bonchev–Trinajstić information content (AvgIpc) is 2.31. The van der Waals surface area contributed by atoms with E-state index >= 15 is 0 Å². The predicted molar refractivity (Wildman–Crippen MR) is 57.4 cm³/mol. The van der Waals surface area contributed by atoms with E-state index in [1.807, 2.05) is 5.32 Å². The number of hydrogen-bond donors (Lipinski definition) is 1. The highest BCUT2D eigenvalue weighted by atomic mass is 19.4. The van der Waals surface area contributed by atoms with Crippen LogP contribution < -0.4 is 5.32 Å². The van der Waals surface area contributed by atoms with Gasteiger partial charge in [-0.15, -0.1) is 0 Å². The van der Waals surface area contributed by atoms with E-state index in [0.29, 0.717) is 0 Å². The number of rotatable bonds is 7. The minimum Gasteiger partial charge on any atom is -0.460 e. The molecule has 0 saturated heterocycles. The first kappa shape index (κ1) is 17.2. The number of carbonyl (C=O) groups excluding carboxylic acids is 2. The number of hydrogen-bond acceptors (Lipinski definition) is 5. The van der Waals surface area contributed by atoms with Gasteiger partial charge in [0.2, 0.25) is 0 Å². The van der Waals surface area contributed by atoms with Crippen LogP contribution in [0, 0.1) is 0 Å². The Bertz CT molecular complexity index is 330. The van der Waals surface area contributed by atoms with Crippen LogP contribution in [0.15, 0.2) is 12.2 Å². The predicted octanol–water partition coefficient (Wildman–Crippen LogP) is 1.02. The van der Waals surface area contributed by atoms with E-state index < -0.39 is 24.8 Å². The molecule has 110 valence electrons. The van der Waals surface area contributed by atoms with E-state index in [-0.39, 0.29) is 25.3 Å². The number of alkyl halides is 3. The number of alkyl carbamates (subject to hydrolysis) is 1. The van der Waals surface area contributed by atoms with E-state index in [1.165, 1.54) is 7.11 Å². The summed E-state index contributed by atoms with van der Waals surface area (Å²) in [4.78, 5) is 21.9. The highest BCUT2D eigenvalue weighted by molar-refractivity contribution is 5.87. The molecule has 0 spiro atoms. The SMILES string of the molecule is C=C(COC)C(=O)OCCNC(=O)OCC(F)(F)F. The second-order valence-corrected chi connectivity index (χ2v) is 3.29. The smallest absolute Gasteiger partial charge is 0.422 e. The molecule has 0 heterocycles. The van der Waals surface area contributed by atoms with Gasteiger partial charge in [0, 0.05) is 7.11 Å². The molecule has 0 aromatic carbocycles. The van der Waals surface area contributed by atoms with Gasteiger partial charge >= 0.3 is 18.2 Å². The molecular weight excluding hydrogens is 271 g/mol. The third-order valence-corrected chi connectivity index (χ3v) is 1.58. The standard InChI is InChI=1S/C10H14F3NO5/c1-7(5-17-2)8(15)18-4-3-14-9(16)19-6-10(11,12)13/h1,3-6H2,2H3,(H,14,16). The Morgan fingerprint density at radius 3 is 2.42 bits per heavy atom. The molecule has 0 aliphatic carbocycles. The zero-order valence-electron chi connectivity index (χ0n) is 10.2. The van der Waals surface area contributed by atoms with Gasteiger partial charge in [0.05, 0.1) is 18.7 Å². The Morgan fingerprint density at radius 1 is 1.26 bits per heavy atom. The maximum absolute atomic E-state index is 11.7. The molecule has 0 aliphatic heterocycles. The summed E-state index contributed by atoms with van der Waals surface area (Å²) in [6.07, 6.45) is -5.83. The molecule has 0 bridgehead atoms. The van der Waals surface area contributed by atoms with Gasteiger partial charge in [-0.1, -0.05) is 6.58 Å². The van der Waals surface area contributed by atoms with Crippen molar-refractivity contribution >= 4 is 12.1 Å². The largest absolute Gasteiger partial charge is 0.460 e. The van der Waals surface area contributed by atoms with Crippen LogP contribution >= 0.6 is 0 Å². The van der Waals surface area contributed by atoms with Crippen LogP contribution in [0.1, 0.15) is 0 Å². The van der Waals surface area contributed by atoms with Gasteiger partial charge < -0.3 is 19.5 Å². The number of methoxy groups -OCH3 is 1. The van der Waals surface area contributed by atoms with Crippen molar-refractivity contribution in [2.24, 2.45) is 0 Å². The van der Waals surface area contributed by atoms with E-state index in [4.69, 9.17) is 0 Å². The zero-order chi connectivity index (χ0) is 14.9. The Hall–Kier alpha value is -1.77. The van der Waals surface area contributed by atoms with Crippen molar-refractivity contribution in [1.82, 2.24) is 5.32 Å². The summed E-state index contributed by atoms with van der Waals surface area (Å²) >= 11 is 0. The van der Waals surface area contributed by atoms with Gasteiger partial charge in [0.1, 0.15) is 6.61 Å². The van der Waals surface area contributed by atoms with Crippen LogP contribution in [-0.2, 0) is 19.0 Å². The lowest BCUT2D eigenvalue weighted by Crippen LogP contribution is -2.31. The summed E-state index contributed by atoms with van der Waals surface area (Å²) < 4.78 is 48.2. The van der Waals surface area contributed by atoms with Crippen molar-refractivity contribution in [3.63, 3.8) is 0 Å². The van der Waals surface area contributed by atoms with Crippen molar-refractivity contribution < 1.29 is 37.0 Å². The van der Waals surface area contributed by atoms with E-state index in [1.54, 1.807) is 0 Å². The molecule has 0 aliphatic rings. The summed E-state index contributed by atoms with van der Waals surface area (Å²) in [5, 5.41) is 1.98. The molecule has 1 amide bonds. The molecule has 19 heavy (non-hydrogen) atoms. The topological polar surface area (TPSA) is 73.9 Å². The van der Waals surface area contributed by atoms with Crippen LogP contribution in [0.2, 0.25) is 0 Å². The molecule has 6 nitrogen and oxygen atoms in total. The summed E-state index contributed by atoms with van der Waals surface area (Å²) in [5.41, 5.74) is 0.0853. The Labute approximate surface area is 107 Å². The molecular formula is C10H14F3NO5. The third kappa shape index (κ3) is 9.89. The normalized spacial score (nSPS) is 10.7. The van der Waals surface area contributed by atoms with E-state index in [0.717, 1.165) is 0 Å². The fourth-order valence-electron chi connectivity index (χ4n) is 0.830. The number of carbonyl (C=O) groups is 2. The van der Waals surface area contributed by atoms with Gasteiger partial charge in [-0.2, -0.15) is 13.2 Å². The fraction of sp³-hybridized carbons (Fsp3) is 0.600. The fourth-order valence-corrected chi connectivity index (χ4v) is 0.830. The molecule has 9 heteroatoms. The van der Waals surface area contributed by atoms with Crippen molar-refractivity contribution in [3.8, 4) is 0 Å². The first-order valence-electron chi connectivity index (χ1n) is 5.07. The lowest BCUT2D eigenvalue weighted by atomic mass is 10.3. The summed E-state index contributed by atoms with van der Waals surface area (Å²) in [6, 6.07) is 0. The second-order valence-electron chi connectivity index (χ2n) is 3.29. The molecule has 0 radical (unpaired) electrons. The van der Waals surface area contributed by atoms with Crippen LogP contribution in [0.4, 0.5) is 18.0 Å². The lowest BCUT2D eigenvalue weighted by Gasteiger charge is -2.09. The maximum atomic E-state index is 11.7. The number of nitrogens with one attached hydrogen (secondary N) is 1. The van der Waals surface area contributed by atoms with Crippen LogP contribution in [0.5, 0.6) is 0 Å². The van der Waals surface area contributed by atoms with Gasteiger partial charge in [-0.05, 0) is 0 Å². The van der Waals surface area contributed by atoms with E-state index in [9.17, 15) is 22.8 Å². The molecule has 0 unspecified atom stereocenters. The van der Waals surface area contributed by atoms with Crippen LogP contribution in [-0.4, -0.2) is 51.7 Å². The minimum atomic E-state index is -4.58. The summed E-state index contributed by atoms with van der Waals surface area (Å²) in [5.74, 6) is -0.715. The zero-order valence-corrected chi connectivity index (χ0v) is 10.2. The van der Waals surface area contributed by atoms with Crippen molar-refractivity contribution in [3.05, 3.63) is 12.2 Å². The quantitative estimate of drug-likeness (QED) is 0.429. The van der Waals surface area contributed by atoms with Crippen molar-refractivity contribution in [1.29, 1.82) is 0 Å². The van der Waals surface area contributed by atoms with Crippen LogP contribution in [0.3, 0.4) is 0 Å². The Kier molecular flexibility index (Phi) is 7.57. The monoisotopic (exact) mass is 285 g/mol. The van der Waals surface area contributed by atoms with Crippen molar-refractivity contribution in [2.75, 3.05) is 33.5 Å². The maximum Gasteiger partial charge on any atom is 0.422 e. The first-order chi connectivity index (χ1) is 8.76. The number of halogens is 3.